The number of aromatic nitrogens is 2. The van der Waals surface area contributed by atoms with Gasteiger partial charge < -0.3 is 15.2 Å². The Morgan fingerprint density at radius 2 is 2.41 bits per heavy atom. The lowest BCUT2D eigenvalue weighted by Gasteiger charge is -2.05. The fourth-order valence-electron chi connectivity index (χ4n) is 1.71. The van der Waals surface area contributed by atoms with Crippen molar-refractivity contribution in [2.45, 2.75) is 19.4 Å². The Hall–Kier alpha value is -1.11. The second kappa shape index (κ2) is 6.00. The van der Waals surface area contributed by atoms with Gasteiger partial charge in [0, 0.05) is 24.7 Å². The Morgan fingerprint density at radius 3 is 3.18 bits per heavy atom. The zero-order chi connectivity index (χ0) is 12.1. The fourth-order valence-corrected chi connectivity index (χ4v) is 2.43. The summed E-state index contributed by atoms with van der Waals surface area (Å²) in [6.07, 6.45) is 3.81. The smallest absolute Gasteiger partial charge is 0.237 e. The van der Waals surface area contributed by atoms with E-state index >= 15 is 0 Å². The number of rotatable bonds is 7. The molecule has 0 spiro atoms. The predicted molar refractivity (Wildman–Crippen MR) is 67.6 cm³/mol. The van der Waals surface area contributed by atoms with E-state index in [0.29, 0.717) is 5.88 Å². The molecule has 2 aromatic heterocycles. The van der Waals surface area contributed by atoms with E-state index in [1.54, 1.807) is 18.4 Å². The summed E-state index contributed by atoms with van der Waals surface area (Å²) >= 11 is 1.60. The maximum atomic E-state index is 8.68. The van der Waals surface area contributed by atoms with E-state index in [1.165, 1.54) is 0 Å². The van der Waals surface area contributed by atoms with Crippen molar-refractivity contribution in [3.05, 3.63) is 17.3 Å². The maximum Gasteiger partial charge on any atom is 0.237 e. The SMILES string of the molecule is COc1nc2sccn2c1CNCCCCO. The quantitative estimate of drug-likeness (QED) is 0.731. The highest BCUT2D eigenvalue weighted by Gasteiger charge is 2.12. The van der Waals surface area contributed by atoms with Gasteiger partial charge in [-0.05, 0) is 19.4 Å². The lowest BCUT2D eigenvalue weighted by molar-refractivity contribution is 0.283. The van der Waals surface area contributed by atoms with Crippen LogP contribution >= 0.6 is 11.3 Å². The van der Waals surface area contributed by atoms with E-state index < -0.39 is 0 Å². The number of fused-ring (bicyclic) bond motifs is 1. The second-order valence-corrected chi connectivity index (χ2v) is 4.60. The summed E-state index contributed by atoms with van der Waals surface area (Å²) in [4.78, 5) is 5.34. The van der Waals surface area contributed by atoms with Gasteiger partial charge in [-0.25, -0.2) is 0 Å². The number of nitrogens with zero attached hydrogens (tertiary/aromatic N) is 2. The van der Waals surface area contributed by atoms with Crippen LogP contribution in [0.5, 0.6) is 5.88 Å². The number of hydrogen-bond donors (Lipinski definition) is 2. The van der Waals surface area contributed by atoms with Crippen molar-refractivity contribution >= 4 is 16.3 Å². The summed E-state index contributed by atoms with van der Waals surface area (Å²) in [5.41, 5.74) is 1.05. The number of unbranched alkanes of at least 4 members (excludes halogenated alkanes) is 1. The number of ether oxygens (including phenoxy) is 1. The first-order valence-electron chi connectivity index (χ1n) is 5.67. The number of imidazole rings is 1. The van der Waals surface area contributed by atoms with Gasteiger partial charge in [-0.15, -0.1) is 11.3 Å². The molecule has 0 aliphatic carbocycles. The number of thiazole rings is 1. The van der Waals surface area contributed by atoms with Crippen molar-refractivity contribution in [3.63, 3.8) is 0 Å². The predicted octanol–water partition coefficient (Wildman–Crippen LogP) is 1.27. The Kier molecular flexibility index (Phi) is 4.36. The molecule has 0 aliphatic heterocycles. The highest BCUT2D eigenvalue weighted by molar-refractivity contribution is 7.15. The summed E-state index contributed by atoms with van der Waals surface area (Å²) in [6.45, 7) is 1.88. The number of methoxy groups -OCH3 is 1. The first-order valence-corrected chi connectivity index (χ1v) is 6.54. The van der Waals surface area contributed by atoms with Crippen LogP contribution < -0.4 is 10.1 Å². The third kappa shape index (κ3) is 2.77. The van der Waals surface area contributed by atoms with Gasteiger partial charge >= 0.3 is 0 Å². The lowest BCUT2D eigenvalue weighted by Crippen LogP contribution is -2.16. The van der Waals surface area contributed by atoms with E-state index in [9.17, 15) is 0 Å². The third-order valence-corrected chi connectivity index (χ3v) is 3.33. The molecule has 0 unspecified atom stereocenters. The molecule has 6 heteroatoms. The molecule has 0 aromatic carbocycles. The van der Waals surface area contributed by atoms with E-state index in [-0.39, 0.29) is 6.61 Å². The second-order valence-electron chi connectivity index (χ2n) is 3.73. The molecule has 2 N–H and O–H groups in total. The molecule has 5 nitrogen and oxygen atoms in total. The Bertz CT molecular complexity index is 466. The minimum Gasteiger partial charge on any atom is -0.480 e. The van der Waals surface area contributed by atoms with E-state index in [0.717, 1.165) is 36.6 Å². The molecule has 0 fully saturated rings. The van der Waals surface area contributed by atoms with Crippen LogP contribution in [0.3, 0.4) is 0 Å². The molecule has 0 radical (unpaired) electrons. The number of aliphatic hydroxyl groups is 1. The van der Waals surface area contributed by atoms with Crippen molar-refractivity contribution in [1.82, 2.24) is 14.7 Å². The molecule has 0 aliphatic rings. The zero-order valence-electron chi connectivity index (χ0n) is 9.85. The lowest BCUT2D eigenvalue weighted by atomic mass is 10.3. The van der Waals surface area contributed by atoms with Crippen LogP contribution in [-0.2, 0) is 6.54 Å². The monoisotopic (exact) mass is 255 g/mol. The van der Waals surface area contributed by atoms with Gasteiger partial charge in [0.15, 0.2) is 4.96 Å². The van der Waals surface area contributed by atoms with Gasteiger partial charge in [0.05, 0.1) is 7.11 Å². The minimum atomic E-state index is 0.256. The van der Waals surface area contributed by atoms with Gasteiger partial charge in [-0.2, -0.15) is 4.98 Å². The van der Waals surface area contributed by atoms with Crippen LogP contribution in [0.2, 0.25) is 0 Å². The molecule has 0 atom stereocenters. The van der Waals surface area contributed by atoms with Crippen molar-refractivity contribution in [1.29, 1.82) is 0 Å². The van der Waals surface area contributed by atoms with Crippen molar-refractivity contribution in [2.24, 2.45) is 0 Å². The first kappa shape index (κ1) is 12.3. The average Bonchev–Trinajstić information content (AvgIpc) is 2.90. The molecule has 2 heterocycles. The first-order chi connectivity index (χ1) is 8.36. The largest absolute Gasteiger partial charge is 0.480 e. The van der Waals surface area contributed by atoms with E-state index in [1.807, 2.05) is 16.0 Å². The molecule has 0 bridgehead atoms. The van der Waals surface area contributed by atoms with Crippen LogP contribution in [0.25, 0.3) is 4.96 Å². The summed E-state index contributed by atoms with van der Waals surface area (Å²) in [5, 5.41) is 14.0. The maximum absolute atomic E-state index is 8.68. The molecule has 0 saturated heterocycles. The van der Waals surface area contributed by atoms with Gasteiger partial charge in [-0.1, -0.05) is 0 Å². The Morgan fingerprint density at radius 1 is 1.53 bits per heavy atom. The van der Waals surface area contributed by atoms with Gasteiger partial charge in [-0.3, -0.25) is 4.40 Å². The molecule has 17 heavy (non-hydrogen) atoms. The minimum absolute atomic E-state index is 0.256. The molecule has 0 amide bonds. The normalized spacial score (nSPS) is 11.2. The van der Waals surface area contributed by atoms with Crippen molar-refractivity contribution in [3.8, 4) is 5.88 Å². The summed E-state index contributed by atoms with van der Waals surface area (Å²) in [7, 11) is 1.64. The van der Waals surface area contributed by atoms with Crippen molar-refractivity contribution in [2.75, 3.05) is 20.3 Å². The average molecular weight is 255 g/mol. The van der Waals surface area contributed by atoms with Gasteiger partial charge in [0.1, 0.15) is 5.69 Å². The van der Waals surface area contributed by atoms with Gasteiger partial charge in [0.2, 0.25) is 5.88 Å². The molecular formula is C11H17N3O2S. The number of nitrogens with one attached hydrogen (secondary N) is 1. The van der Waals surface area contributed by atoms with Crippen LogP contribution in [0, 0.1) is 0 Å². The molecule has 94 valence electrons. The van der Waals surface area contributed by atoms with Crippen molar-refractivity contribution < 1.29 is 9.84 Å². The standard InChI is InChI=1S/C11H17N3O2S/c1-16-10-9(8-12-4-2-3-6-15)14-5-7-17-11(14)13-10/h5,7,12,15H,2-4,6,8H2,1H3. The Balaban J connectivity index is 1.98. The number of aliphatic hydroxyl groups excluding tert-OH is 1. The highest BCUT2D eigenvalue weighted by Crippen LogP contribution is 2.22. The molecule has 2 aromatic rings. The van der Waals surface area contributed by atoms with Crippen LogP contribution in [-0.4, -0.2) is 34.8 Å². The summed E-state index contributed by atoms with van der Waals surface area (Å²) in [5.74, 6) is 0.687. The van der Waals surface area contributed by atoms with E-state index in [4.69, 9.17) is 9.84 Å². The Labute approximate surface area is 104 Å². The summed E-state index contributed by atoms with van der Waals surface area (Å²) < 4.78 is 7.31. The van der Waals surface area contributed by atoms with Gasteiger partial charge in [0.25, 0.3) is 0 Å². The molecule has 2 rings (SSSR count). The topological polar surface area (TPSA) is 58.8 Å². The molecular weight excluding hydrogens is 238 g/mol. The highest BCUT2D eigenvalue weighted by atomic mass is 32.1. The number of hydrogen-bond acceptors (Lipinski definition) is 5. The summed E-state index contributed by atoms with van der Waals surface area (Å²) in [6, 6.07) is 0. The van der Waals surface area contributed by atoms with Crippen LogP contribution in [0.4, 0.5) is 0 Å². The van der Waals surface area contributed by atoms with Crippen LogP contribution in [0.15, 0.2) is 11.6 Å². The van der Waals surface area contributed by atoms with E-state index in [2.05, 4.69) is 10.3 Å². The molecule has 0 saturated carbocycles. The fraction of sp³-hybridized carbons (Fsp3) is 0.545. The zero-order valence-corrected chi connectivity index (χ0v) is 10.7. The van der Waals surface area contributed by atoms with Crippen LogP contribution in [0.1, 0.15) is 18.5 Å². The third-order valence-electron chi connectivity index (χ3n) is 2.57.